The smallest absolute Gasteiger partial charge is 0.138 e. The molecule has 0 aliphatic heterocycles. The van der Waals surface area contributed by atoms with Crippen LogP contribution in [0.1, 0.15) is 22.3 Å². The van der Waals surface area contributed by atoms with Crippen molar-refractivity contribution in [3.8, 4) is 0 Å². The summed E-state index contributed by atoms with van der Waals surface area (Å²) in [5.74, 6) is 0. The van der Waals surface area contributed by atoms with Gasteiger partial charge in [-0.2, -0.15) is 0 Å². The van der Waals surface area contributed by atoms with Gasteiger partial charge in [-0.25, -0.2) is 0 Å². The monoisotopic (exact) mass is 242 g/mol. The topological polar surface area (TPSA) is 40.5 Å². The molecule has 0 aromatic heterocycles. The maximum Gasteiger partial charge on any atom is 0.138 e. The molecule has 0 radical (unpaired) electrons. The van der Waals surface area contributed by atoms with Crippen LogP contribution in [0.2, 0.25) is 0 Å². The summed E-state index contributed by atoms with van der Waals surface area (Å²) in [6, 6.07) is 15.1. The molecule has 1 unspecified atom stereocenters. The maximum atomic E-state index is 10.8. The molecule has 2 aromatic rings. The Morgan fingerprint density at radius 1 is 0.889 bits per heavy atom. The summed E-state index contributed by atoms with van der Waals surface area (Å²) in [7, 11) is 0. The second kappa shape index (κ2) is 4.92. The van der Waals surface area contributed by atoms with Gasteiger partial charge in [-0.05, 0) is 25.0 Å². The molecule has 2 rings (SSSR count). The third kappa shape index (κ3) is 2.30. The lowest BCUT2D eigenvalue weighted by Gasteiger charge is -2.27. The summed E-state index contributed by atoms with van der Waals surface area (Å²) in [5, 5.41) is 20.4. The van der Waals surface area contributed by atoms with E-state index in [9.17, 15) is 10.2 Å². The quantitative estimate of drug-likeness (QED) is 0.868. The number of hydrogen-bond acceptors (Lipinski definition) is 2. The molecule has 0 heterocycles. The zero-order valence-electron chi connectivity index (χ0n) is 10.7. The van der Waals surface area contributed by atoms with Crippen LogP contribution in [0.4, 0.5) is 0 Å². The Balaban J connectivity index is 2.56. The van der Waals surface area contributed by atoms with Crippen LogP contribution < -0.4 is 0 Å². The van der Waals surface area contributed by atoms with Crippen LogP contribution >= 0.6 is 0 Å². The highest BCUT2D eigenvalue weighted by Crippen LogP contribution is 2.30. The Labute approximate surface area is 108 Å². The highest BCUT2D eigenvalue weighted by molar-refractivity contribution is 5.40. The molecule has 18 heavy (non-hydrogen) atoms. The van der Waals surface area contributed by atoms with Gasteiger partial charge in [0.25, 0.3) is 0 Å². The second-order valence-corrected chi connectivity index (χ2v) is 4.76. The van der Waals surface area contributed by atoms with Gasteiger partial charge in [0.15, 0.2) is 0 Å². The molecule has 0 aliphatic carbocycles. The van der Waals surface area contributed by atoms with E-state index in [0.717, 1.165) is 16.7 Å². The Morgan fingerprint density at radius 2 is 1.44 bits per heavy atom. The fourth-order valence-electron chi connectivity index (χ4n) is 2.28. The average Bonchev–Trinajstić information content (AvgIpc) is 2.37. The van der Waals surface area contributed by atoms with Gasteiger partial charge in [-0.3, -0.25) is 0 Å². The van der Waals surface area contributed by atoms with Crippen molar-refractivity contribution in [2.24, 2.45) is 0 Å². The summed E-state index contributed by atoms with van der Waals surface area (Å²) >= 11 is 0. The first-order valence-electron chi connectivity index (χ1n) is 6.04. The number of rotatable bonds is 3. The van der Waals surface area contributed by atoms with Gasteiger partial charge in [0.2, 0.25) is 0 Å². The predicted molar refractivity (Wildman–Crippen MR) is 72.4 cm³/mol. The standard InChI is InChI=1S/C16H18O2/c1-12-8-13(2)10-15(9-12)16(18,11-17)14-6-4-3-5-7-14/h3-10,17-18H,11H2,1-2H3. The summed E-state index contributed by atoms with van der Waals surface area (Å²) in [6.45, 7) is 3.64. The molecule has 1 atom stereocenters. The lowest BCUT2D eigenvalue weighted by Crippen LogP contribution is -2.31. The number of benzene rings is 2. The summed E-state index contributed by atoms with van der Waals surface area (Å²) in [5.41, 5.74) is 2.25. The number of aryl methyl sites for hydroxylation is 2. The summed E-state index contributed by atoms with van der Waals surface area (Å²) in [6.07, 6.45) is 0. The van der Waals surface area contributed by atoms with Crippen LogP contribution in [-0.4, -0.2) is 16.8 Å². The number of aliphatic hydroxyl groups is 2. The van der Waals surface area contributed by atoms with E-state index in [2.05, 4.69) is 0 Å². The zero-order chi connectivity index (χ0) is 13.2. The van der Waals surface area contributed by atoms with Crippen molar-refractivity contribution >= 4 is 0 Å². The van der Waals surface area contributed by atoms with Gasteiger partial charge in [0, 0.05) is 0 Å². The van der Waals surface area contributed by atoms with E-state index in [1.54, 1.807) is 0 Å². The van der Waals surface area contributed by atoms with Crippen molar-refractivity contribution in [1.82, 2.24) is 0 Å². The van der Waals surface area contributed by atoms with Crippen molar-refractivity contribution in [1.29, 1.82) is 0 Å². The molecule has 0 spiro atoms. The van der Waals surface area contributed by atoms with Crippen LogP contribution in [-0.2, 0) is 5.60 Å². The van der Waals surface area contributed by atoms with E-state index in [0.29, 0.717) is 5.56 Å². The van der Waals surface area contributed by atoms with E-state index in [4.69, 9.17) is 0 Å². The molecule has 0 fully saturated rings. The third-order valence-corrected chi connectivity index (χ3v) is 3.18. The van der Waals surface area contributed by atoms with E-state index < -0.39 is 5.60 Å². The first-order valence-corrected chi connectivity index (χ1v) is 6.04. The fraction of sp³-hybridized carbons (Fsp3) is 0.250. The lowest BCUT2D eigenvalue weighted by molar-refractivity contribution is 0.0172. The summed E-state index contributed by atoms with van der Waals surface area (Å²) in [4.78, 5) is 0. The molecular weight excluding hydrogens is 224 g/mol. The van der Waals surface area contributed by atoms with Gasteiger partial charge in [0.1, 0.15) is 5.60 Å². The number of hydrogen-bond donors (Lipinski definition) is 2. The number of aliphatic hydroxyl groups excluding tert-OH is 1. The van der Waals surface area contributed by atoms with Crippen LogP contribution in [0, 0.1) is 13.8 Å². The van der Waals surface area contributed by atoms with Gasteiger partial charge in [-0.15, -0.1) is 0 Å². The first kappa shape index (κ1) is 12.8. The molecule has 2 nitrogen and oxygen atoms in total. The molecule has 0 amide bonds. The largest absolute Gasteiger partial charge is 0.393 e. The van der Waals surface area contributed by atoms with Crippen LogP contribution in [0.5, 0.6) is 0 Å². The van der Waals surface area contributed by atoms with Crippen molar-refractivity contribution in [2.75, 3.05) is 6.61 Å². The van der Waals surface area contributed by atoms with Crippen molar-refractivity contribution in [3.63, 3.8) is 0 Å². The van der Waals surface area contributed by atoms with Crippen molar-refractivity contribution < 1.29 is 10.2 Å². The minimum absolute atomic E-state index is 0.333. The van der Waals surface area contributed by atoms with Crippen LogP contribution in [0.3, 0.4) is 0 Å². The van der Waals surface area contributed by atoms with Crippen molar-refractivity contribution in [3.05, 3.63) is 70.8 Å². The molecule has 0 aliphatic rings. The van der Waals surface area contributed by atoms with Gasteiger partial charge in [-0.1, -0.05) is 59.7 Å². The molecular formula is C16H18O2. The van der Waals surface area contributed by atoms with E-state index >= 15 is 0 Å². The fourth-order valence-corrected chi connectivity index (χ4v) is 2.28. The minimum atomic E-state index is -1.34. The molecule has 2 heteroatoms. The van der Waals surface area contributed by atoms with Gasteiger partial charge >= 0.3 is 0 Å². The molecule has 0 bridgehead atoms. The normalized spacial score (nSPS) is 14.2. The average molecular weight is 242 g/mol. The van der Waals surface area contributed by atoms with Gasteiger partial charge < -0.3 is 10.2 Å². The molecule has 2 aromatic carbocycles. The first-order chi connectivity index (χ1) is 8.56. The molecule has 0 saturated carbocycles. The van der Waals surface area contributed by atoms with Crippen LogP contribution in [0.25, 0.3) is 0 Å². The van der Waals surface area contributed by atoms with E-state index in [-0.39, 0.29) is 6.61 Å². The molecule has 94 valence electrons. The molecule has 2 N–H and O–H groups in total. The predicted octanol–water partition coefficient (Wildman–Crippen LogP) is 2.53. The molecule has 0 saturated heterocycles. The Hall–Kier alpha value is -1.64. The summed E-state index contributed by atoms with van der Waals surface area (Å²) < 4.78 is 0. The third-order valence-electron chi connectivity index (χ3n) is 3.18. The van der Waals surface area contributed by atoms with E-state index in [1.807, 2.05) is 62.4 Å². The second-order valence-electron chi connectivity index (χ2n) is 4.76. The Kier molecular flexibility index (Phi) is 3.50. The Bertz CT molecular complexity index is 514. The zero-order valence-corrected chi connectivity index (χ0v) is 10.7. The lowest BCUT2D eigenvalue weighted by atomic mass is 9.85. The SMILES string of the molecule is Cc1cc(C)cc(C(O)(CO)c2ccccc2)c1. The highest BCUT2D eigenvalue weighted by atomic mass is 16.3. The Morgan fingerprint density at radius 3 is 1.94 bits per heavy atom. The van der Waals surface area contributed by atoms with Crippen LogP contribution in [0.15, 0.2) is 48.5 Å². The minimum Gasteiger partial charge on any atom is -0.393 e. The van der Waals surface area contributed by atoms with Gasteiger partial charge in [0.05, 0.1) is 6.61 Å². The van der Waals surface area contributed by atoms with E-state index in [1.165, 1.54) is 0 Å². The maximum absolute atomic E-state index is 10.8. The highest BCUT2D eigenvalue weighted by Gasteiger charge is 2.30. The van der Waals surface area contributed by atoms with Crippen molar-refractivity contribution in [2.45, 2.75) is 19.4 Å².